The second-order valence-electron chi connectivity index (χ2n) is 5.06. The zero-order valence-electron chi connectivity index (χ0n) is 12.3. The fourth-order valence-corrected chi connectivity index (χ4v) is 2.55. The molecule has 2 nitrogen and oxygen atoms in total. The lowest BCUT2D eigenvalue weighted by molar-refractivity contribution is 0.293. The molecule has 0 atom stereocenters. The van der Waals surface area contributed by atoms with Crippen LogP contribution in [0.5, 0.6) is 5.88 Å². The van der Waals surface area contributed by atoms with Crippen LogP contribution in [-0.2, 0) is 6.61 Å². The predicted molar refractivity (Wildman–Crippen MR) is 92.9 cm³/mol. The third kappa shape index (κ3) is 3.55. The molecule has 3 heteroatoms. The number of benzene rings is 2. The van der Waals surface area contributed by atoms with Crippen molar-refractivity contribution >= 4 is 15.9 Å². The molecule has 1 heterocycles. The average Bonchev–Trinajstić information content (AvgIpc) is 2.55. The molecule has 0 bridgehead atoms. The van der Waals surface area contributed by atoms with E-state index in [9.17, 15) is 0 Å². The first-order valence-corrected chi connectivity index (χ1v) is 7.92. The van der Waals surface area contributed by atoms with Crippen molar-refractivity contribution in [2.75, 3.05) is 0 Å². The minimum Gasteiger partial charge on any atom is -0.473 e. The molecule has 0 unspecified atom stereocenters. The summed E-state index contributed by atoms with van der Waals surface area (Å²) in [4.78, 5) is 4.55. The monoisotopic (exact) mass is 353 g/mol. The Labute approximate surface area is 138 Å². The summed E-state index contributed by atoms with van der Waals surface area (Å²) < 4.78 is 6.84. The van der Waals surface area contributed by atoms with Gasteiger partial charge in [0.2, 0.25) is 5.88 Å². The van der Waals surface area contributed by atoms with E-state index in [1.165, 1.54) is 0 Å². The molecule has 0 aliphatic carbocycles. The van der Waals surface area contributed by atoms with Gasteiger partial charge in [-0.3, -0.25) is 0 Å². The van der Waals surface area contributed by atoms with E-state index in [2.05, 4.69) is 39.1 Å². The summed E-state index contributed by atoms with van der Waals surface area (Å²) in [6.45, 7) is 2.54. The minimum atomic E-state index is 0.533. The second kappa shape index (κ2) is 6.75. The molecule has 0 amide bonds. The van der Waals surface area contributed by atoms with Crippen LogP contribution < -0.4 is 4.74 Å². The summed E-state index contributed by atoms with van der Waals surface area (Å²) in [6, 6.07) is 22.3. The molecular weight excluding hydrogens is 338 g/mol. The van der Waals surface area contributed by atoms with Crippen LogP contribution >= 0.6 is 15.9 Å². The number of aromatic nitrogens is 1. The van der Waals surface area contributed by atoms with Gasteiger partial charge in [-0.05, 0) is 36.2 Å². The Balaban J connectivity index is 1.76. The molecule has 0 aliphatic rings. The molecule has 0 aliphatic heterocycles. The molecule has 2 aromatic carbocycles. The molecule has 0 N–H and O–H groups in total. The lowest BCUT2D eigenvalue weighted by Crippen LogP contribution is -1.98. The topological polar surface area (TPSA) is 22.1 Å². The number of hydrogen-bond donors (Lipinski definition) is 0. The van der Waals surface area contributed by atoms with Crippen LogP contribution in [0.15, 0.2) is 71.2 Å². The predicted octanol–water partition coefficient (Wildman–Crippen LogP) is 5.40. The summed E-state index contributed by atoms with van der Waals surface area (Å²) in [5.74, 6) is 0.655. The summed E-state index contributed by atoms with van der Waals surface area (Å²) in [5, 5.41) is 0. The Morgan fingerprint density at radius 3 is 2.32 bits per heavy atom. The highest BCUT2D eigenvalue weighted by molar-refractivity contribution is 9.10. The highest BCUT2D eigenvalue weighted by atomic mass is 79.9. The molecule has 0 saturated carbocycles. The molecule has 3 aromatic rings. The molecule has 1 aromatic heterocycles. The van der Waals surface area contributed by atoms with Crippen molar-refractivity contribution in [1.82, 2.24) is 4.98 Å². The molecule has 3 rings (SSSR count). The summed E-state index contributed by atoms with van der Waals surface area (Å²) in [6.07, 6.45) is 0. The van der Waals surface area contributed by atoms with Crippen molar-refractivity contribution < 1.29 is 4.74 Å². The van der Waals surface area contributed by atoms with E-state index in [-0.39, 0.29) is 0 Å². The van der Waals surface area contributed by atoms with Gasteiger partial charge in [0, 0.05) is 21.8 Å². The Bertz CT molecular complexity index is 754. The first-order chi connectivity index (χ1) is 10.7. The molecule has 0 spiro atoms. The van der Waals surface area contributed by atoms with E-state index in [0.717, 1.165) is 26.9 Å². The lowest BCUT2D eigenvalue weighted by atomic mass is 10.1. The lowest BCUT2D eigenvalue weighted by Gasteiger charge is -2.09. The summed E-state index contributed by atoms with van der Waals surface area (Å²) in [5.41, 5.74) is 4.38. The zero-order chi connectivity index (χ0) is 15.4. The van der Waals surface area contributed by atoms with Crippen LogP contribution in [0.2, 0.25) is 0 Å². The van der Waals surface area contributed by atoms with Crippen molar-refractivity contribution in [1.29, 1.82) is 0 Å². The normalized spacial score (nSPS) is 10.5. The standard InChI is InChI=1S/C19H16BrNO/c1-14-18(16-7-9-17(20)10-8-16)11-12-19(21-14)22-13-15-5-3-2-4-6-15/h2-12H,13H2,1H3. The van der Waals surface area contributed by atoms with Crippen LogP contribution in [0, 0.1) is 6.92 Å². The van der Waals surface area contributed by atoms with Crippen molar-refractivity contribution in [3.8, 4) is 17.0 Å². The second-order valence-corrected chi connectivity index (χ2v) is 5.98. The fraction of sp³-hybridized carbons (Fsp3) is 0.105. The maximum atomic E-state index is 5.76. The van der Waals surface area contributed by atoms with Crippen molar-refractivity contribution in [3.05, 3.63) is 82.5 Å². The third-order valence-electron chi connectivity index (χ3n) is 3.45. The van der Waals surface area contributed by atoms with E-state index in [1.807, 2.05) is 55.5 Å². The van der Waals surface area contributed by atoms with Gasteiger partial charge in [0.1, 0.15) is 6.61 Å². The number of halogens is 1. The zero-order valence-corrected chi connectivity index (χ0v) is 13.9. The molecule has 0 saturated heterocycles. The van der Waals surface area contributed by atoms with Gasteiger partial charge in [-0.2, -0.15) is 0 Å². The van der Waals surface area contributed by atoms with Gasteiger partial charge < -0.3 is 4.74 Å². The smallest absolute Gasteiger partial charge is 0.213 e. The average molecular weight is 354 g/mol. The maximum Gasteiger partial charge on any atom is 0.213 e. The van der Waals surface area contributed by atoms with Crippen molar-refractivity contribution in [3.63, 3.8) is 0 Å². The number of rotatable bonds is 4. The van der Waals surface area contributed by atoms with Crippen LogP contribution in [-0.4, -0.2) is 4.98 Å². The van der Waals surface area contributed by atoms with Gasteiger partial charge in [0.15, 0.2) is 0 Å². The largest absolute Gasteiger partial charge is 0.473 e. The number of ether oxygens (including phenoxy) is 1. The summed E-state index contributed by atoms with van der Waals surface area (Å²) in [7, 11) is 0. The highest BCUT2D eigenvalue weighted by Gasteiger charge is 2.05. The molecule has 110 valence electrons. The SMILES string of the molecule is Cc1nc(OCc2ccccc2)ccc1-c1ccc(Br)cc1. The Morgan fingerprint density at radius 2 is 1.64 bits per heavy atom. The van der Waals surface area contributed by atoms with Crippen LogP contribution in [0.3, 0.4) is 0 Å². The molecule has 0 fully saturated rings. The molecular formula is C19H16BrNO. The minimum absolute atomic E-state index is 0.533. The Kier molecular flexibility index (Phi) is 4.54. The van der Waals surface area contributed by atoms with Crippen LogP contribution in [0.25, 0.3) is 11.1 Å². The quantitative estimate of drug-likeness (QED) is 0.626. The van der Waals surface area contributed by atoms with Gasteiger partial charge in [-0.25, -0.2) is 4.98 Å². The van der Waals surface area contributed by atoms with E-state index in [4.69, 9.17) is 4.74 Å². The summed E-state index contributed by atoms with van der Waals surface area (Å²) >= 11 is 3.46. The number of hydrogen-bond acceptors (Lipinski definition) is 2. The van der Waals surface area contributed by atoms with Gasteiger partial charge in [0.25, 0.3) is 0 Å². The molecule has 22 heavy (non-hydrogen) atoms. The maximum absolute atomic E-state index is 5.76. The van der Waals surface area contributed by atoms with E-state index < -0.39 is 0 Å². The number of nitrogens with zero attached hydrogens (tertiary/aromatic N) is 1. The van der Waals surface area contributed by atoms with Gasteiger partial charge in [0.05, 0.1) is 0 Å². The van der Waals surface area contributed by atoms with Gasteiger partial charge in [-0.1, -0.05) is 58.4 Å². The van der Waals surface area contributed by atoms with Gasteiger partial charge in [-0.15, -0.1) is 0 Å². The first-order valence-electron chi connectivity index (χ1n) is 7.13. The Hall–Kier alpha value is -2.13. The number of aryl methyl sites for hydroxylation is 1. The van der Waals surface area contributed by atoms with E-state index >= 15 is 0 Å². The third-order valence-corrected chi connectivity index (χ3v) is 3.97. The molecule has 0 radical (unpaired) electrons. The van der Waals surface area contributed by atoms with Crippen molar-refractivity contribution in [2.45, 2.75) is 13.5 Å². The van der Waals surface area contributed by atoms with E-state index in [0.29, 0.717) is 12.5 Å². The highest BCUT2D eigenvalue weighted by Crippen LogP contribution is 2.26. The van der Waals surface area contributed by atoms with Crippen LogP contribution in [0.1, 0.15) is 11.3 Å². The fourth-order valence-electron chi connectivity index (χ4n) is 2.28. The number of pyridine rings is 1. The first kappa shape index (κ1) is 14.8. The van der Waals surface area contributed by atoms with Crippen LogP contribution in [0.4, 0.5) is 0 Å². The van der Waals surface area contributed by atoms with Gasteiger partial charge >= 0.3 is 0 Å². The van der Waals surface area contributed by atoms with Crippen molar-refractivity contribution in [2.24, 2.45) is 0 Å². The van der Waals surface area contributed by atoms with E-state index in [1.54, 1.807) is 0 Å². The Morgan fingerprint density at radius 1 is 0.909 bits per heavy atom.